The van der Waals surface area contributed by atoms with Crippen LogP contribution in [0.25, 0.3) is 10.8 Å². The standard InChI is InChI=1S/C24H34N2O2/c1-3-15-28-22-10-9-19-7-4-5-8-20(19)21(22)16-26-14-12-24(18-27)11-6-13-25(2)23(24)17-26/h4-5,7-10,23,27H,3,6,11-18H2,1-2H3/t23-,24-/m1/s1. The Kier molecular flexibility index (Phi) is 5.91. The van der Waals surface area contributed by atoms with Crippen LogP contribution >= 0.6 is 0 Å². The molecule has 4 nitrogen and oxygen atoms in total. The van der Waals surface area contributed by atoms with Gasteiger partial charge < -0.3 is 14.7 Å². The zero-order valence-electron chi connectivity index (χ0n) is 17.4. The highest BCUT2D eigenvalue weighted by molar-refractivity contribution is 5.87. The number of fused-ring (bicyclic) bond motifs is 2. The van der Waals surface area contributed by atoms with E-state index in [4.69, 9.17) is 4.74 Å². The molecule has 2 aromatic carbocycles. The summed E-state index contributed by atoms with van der Waals surface area (Å²) in [6.45, 7) is 7.33. The van der Waals surface area contributed by atoms with Gasteiger partial charge in [-0.1, -0.05) is 37.3 Å². The predicted octanol–water partition coefficient (Wildman–Crippen LogP) is 3.91. The van der Waals surface area contributed by atoms with Gasteiger partial charge in [0.15, 0.2) is 0 Å². The zero-order chi connectivity index (χ0) is 19.6. The van der Waals surface area contributed by atoms with E-state index in [2.05, 4.69) is 60.2 Å². The Labute approximate surface area is 169 Å². The minimum atomic E-state index is 0.0871. The van der Waals surface area contributed by atoms with Gasteiger partial charge in [0, 0.05) is 30.1 Å². The van der Waals surface area contributed by atoms with Crippen LogP contribution in [-0.2, 0) is 6.54 Å². The maximum atomic E-state index is 10.2. The summed E-state index contributed by atoms with van der Waals surface area (Å²) in [6.07, 6.45) is 4.45. The van der Waals surface area contributed by atoms with Gasteiger partial charge in [0.2, 0.25) is 0 Å². The maximum absolute atomic E-state index is 10.2. The average molecular weight is 383 g/mol. The van der Waals surface area contributed by atoms with E-state index in [9.17, 15) is 5.11 Å². The topological polar surface area (TPSA) is 35.9 Å². The van der Waals surface area contributed by atoms with E-state index in [0.717, 1.165) is 57.8 Å². The first-order valence-electron chi connectivity index (χ1n) is 10.8. The molecule has 28 heavy (non-hydrogen) atoms. The SMILES string of the molecule is CCCOc1ccc2ccccc2c1CN1CC[C@@]2(CO)CCCN(C)[C@@H]2C1. The quantitative estimate of drug-likeness (QED) is 0.822. The van der Waals surface area contributed by atoms with Crippen molar-refractivity contribution >= 4 is 10.8 Å². The summed E-state index contributed by atoms with van der Waals surface area (Å²) < 4.78 is 6.13. The van der Waals surface area contributed by atoms with Gasteiger partial charge in [0.25, 0.3) is 0 Å². The molecule has 2 aliphatic rings. The fourth-order valence-electron chi connectivity index (χ4n) is 5.27. The molecule has 2 aromatic rings. The normalized spacial score (nSPS) is 26.3. The lowest BCUT2D eigenvalue weighted by atomic mass is 9.69. The Balaban J connectivity index is 1.61. The Morgan fingerprint density at radius 1 is 1.14 bits per heavy atom. The fourth-order valence-corrected chi connectivity index (χ4v) is 5.27. The van der Waals surface area contributed by atoms with Crippen molar-refractivity contribution in [1.29, 1.82) is 0 Å². The predicted molar refractivity (Wildman–Crippen MR) is 115 cm³/mol. The molecule has 2 aliphatic heterocycles. The summed E-state index contributed by atoms with van der Waals surface area (Å²) in [4.78, 5) is 5.05. The first-order valence-corrected chi connectivity index (χ1v) is 10.8. The van der Waals surface area contributed by atoms with Crippen LogP contribution in [0.3, 0.4) is 0 Å². The number of nitrogens with zero attached hydrogens (tertiary/aromatic N) is 2. The molecule has 0 aliphatic carbocycles. The molecule has 2 heterocycles. The van der Waals surface area contributed by atoms with Crippen molar-refractivity contribution in [3.05, 3.63) is 42.0 Å². The number of likely N-dealkylation sites (tertiary alicyclic amines) is 2. The molecule has 2 atom stereocenters. The highest BCUT2D eigenvalue weighted by atomic mass is 16.5. The Hall–Kier alpha value is -1.62. The monoisotopic (exact) mass is 382 g/mol. The second-order valence-electron chi connectivity index (χ2n) is 8.72. The minimum Gasteiger partial charge on any atom is -0.493 e. The van der Waals surface area contributed by atoms with E-state index in [0.29, 0.717) is 12.6 Å². The van der Waals surface area contributed by atoms with Gasteiger partial charge in [0.05, 0.1) is 13.2 Å². The molecule has 4 rings (SSSR count). The van der Waals surface area contributed by atoms with Crippen LogP contribution in [0.2, 0.25) is 0 Å². The van der Waals surface area contributed by atoms with E-state index in [1.54, 1.807) is 0 Å². The lowest BCUT2D eigenvalue weighted by Gasteiger charge is -2.53. The van der Waals surface area contributed by atoms with Crippen LogP contribution in [0.15, 0.2) is 36.4 Å². The van der Waals surface area contributed by atoms with Crippen LogP contribution in [0.5, 0.6) is 5.75 Å². The maximum Gasteiger partial charge on any atom is 0.124 e. The van der Waals surface area contributed by atoms with Gasteiger partial charge in [-0.05, 0) is 62.7 Å². The van der Waals surface area contributed by atoms with E-state index < -0.39 is 0 Å². The Bertz CT molecular complexity index is 808. The number of rotatable bonds is 6. The number of ether oxygens (including phenoxy) is 1. The minimum absolute atomic E-state index is 0.0871. The molecule has 4 heteroatoms. The molecule has 0 bridgehead atoms. The summed E-state index contributed by atoms with van der Waals surface area (Å²) >= 11 is 0. The number of likely N-dealkylation sites (N-methyl/N-ethyl adjacent to an activating group) is 1. The molecule has 0 unspecified atom stereocenters. The van der Waals surface area contributed by atoms with Gasteiger partial charge in [-0.15, -0.1) is 0 Å². The largest absolute Gasteiger partial charge is 0.493 e. The summed E-state index contributed by atoms with van der Waals surface area (Å²) in [7, 11) is 2.23. The summed E-state index contributed by atoms with van der Waals surface area (Å²) in [5.41, 5.74) is 1.39. The second-order valence-corrected chi connectivity index (χ2v) is 8.72. The Morgan fingerprint density at radius 3 is 2.82 bits per heavy atom. The van der Waals surface area contributed by atoms with Gasteiger partial charge in [-0.2, -0.15) is 0 Å². The molecule has 0 saturated carbocycles. The molecule has 0 spiro atoms. The van der Waals surface area contributed by atoms with Crippen LogP contribution < -0.4 is 4.74 Å². The van der Waals surface area contributed by atoms with E-state index in [-0.39, 0.29) is 5.41 Å². The molecule has 0 amide bonds. The molecule has 2 saturated heterocycles. The van der Waals surface area contributed by atoms with Crippen molar-refractivity contribution < 1.29 is 9.84 Å². The van der Waals surface area contributed by atoms with Crippen molar-refractivity contribution in [2.45, 2.75) is 45.2 Å². The number of piperidine rings is 2. The van der Waals surface area contributed by atoms with E-state index in [1.807, 2.05) is 0 Å². The molecular formula is C24H34N2O2. The lowest BCUT2D eigenvalue weighted by molar-refractivity contribution is -0.0684. The lowest BCUT2D eigenvalue weighted by Crippen LogP contribution is -2.61. The fraction of sp³-hybridized carbons (Fsp3) is 0.583. The van der Waals surface area contributed by atoms with Crippen molar-refractivity contribution in [1.82, 2.24) is 9.80 Å². The van der Waals surface area contributed by atoms with E-state index in [1.165, 1.54) is 22.8 Å². The molecule has 0 aromatic heterocycles. The van der Waals surface area contributed by atoms with Gasteiger partial charge >= 0.3 is 0 Å². The molecule has 152 valence electrons. The Morgan fingerprint density at radius 2 is 2.00 bits per heavy atom. The van der Waals surface area contributed by atoms with Crippen LogP contribution in [0.4, 0.5) is 0 Å². The number of benzene rings is 2. The zero-order valence-corrected chi connectivity index (χ0v) is 17.4. The molecule has 0 radical (unpaired) electrons. The summed E-state index contributed by atoms with van der Waals surface area (Å²) in [5, 5.41) is 12.8. The molecule has 2 fully saturated rings. The first-order chi connectivity index (χ1) is 13.7. The van der Waals surface area contributed by atoms with Crippen LogP contribution in [0, 0.1) is 5.41 Å². The summed E-state index contributed by atoms with van der Waals surface area (Å²) in [6, 6.07) is 13.4. The van der Waals surface area contributed by atoms with Gasteiger partial charge in [-0.25, -0.2) is 0 Å². The van der Waals surface area contributed by atoms with Gasteiger partial charge in [0.1, 0.15) is 5.75 Å². The summed E-state index contributed by atoms with van der Waals surface area (Å²) in [5.74, 6) is 1.02. The van der Waals surface area contributed by atoms with Crippen molar-refractivity contribution in [2.24, 2.45) is 5.41 Å². The molecular weight excluding hydrogens is 348 g/mol. The third kappa shape index (κ3) is 3.66. The molecule has 1 N–H and O–H groups in total. The number of aliphatic hydroxyl groups is 1. The third-order valence-corrected chi connectivity index (χ3v) is 6.94. The van der Waals surface area contributed by atoms with Crippen LogP contribution in [0.1, 0.15) is 38.2 Å². The van der Waals surface area contributed by atoms with Gasteiger partial charge in [-0.3, -0.25) is 4.90 Å². The van der Waals surface area contributed by atoms with Crippen LogP contribution in [-0.4, -0.2) is 60.8 Å². The highest BCUT2D eigenvalue weighted by Crippen LogP contribution is 2.42. The first kappa shape index (κ1) is 19.7. The second kappa shape index (κ2) is 8.40. The van der Waals surface area contributed by atoms with Crippen molar-refractivity contribution in [2.75, 3.05) is 39.9 Å². The highest BCUT2D eigenvalue weighted by Gasteiger charge is 2.46. The van der Waals surface area contributed by atoms with E-state index >= 15 is 0 Å². The average Bonchev–Trinajstić information content (AvgIpc) is 2.74. The third-order valence-electron chi connectivity index (χ3n) is 6.94. The number of hydrogen-bond donors (Lipinski definition) is 1. The number of hydrogen-bond acceptors (Lipinski definition) is 4. The smallest absolute Gasteiger partial charge is 0.124 e. The van der Waals surface area contributed by atoms with Crippen molar-refractivity contribution in [3.8, 4) is 5.75 Å². The number of aliphatic hydroxyl groups excluding tert-OH is 1. The van der Waals surface area contributed by atoms with Crippen molar-refractivity contribution in [3.63, 3.8) is 0 Å².